The van der Waals surface area contributed by atoms with Crippen LogP contribution in [0.15, 0.2) is 40.2 Å². The molecular formula is C13H10BrNOS. The Morgan fingerprint density at radius 1 is 1.24 bits per heavy atom. The molecule has 0 radical (unpaired) electrons. The monoisotopic (exact) mass is 307 g/mol. The van der Waals surface area contributed by atoms with Gasteiger partial charge in [-0.25, -0.2) is 0 Å². The predicted octanol–water partition coefficient (Wildman–Crippen LogP) is 3.66. The van der Waals surface area contributed by atoms with Crippen LogP contribution in [0.25, 0.3) is 0 Å². The van der Waals surface area contributed by atoms with E-state index in [0.29, 0.717) is 12.0 Å². The van der Waals surface area contributed by atoms with Crippen molar-refractivity contribution in [2.24, 2.45) is 0 Å². The van der Waals surface area contributed by atoms with Crippen LogP contribution in [0, 0.1) is 11.3 Å². The van der Waals surface area contributed by atoms with Crippen molar-refractivity contribution in [2.45, 2.75) is 12.5 Å². The lowest BCUT2D eigenvalue weighted by molar-refractivity contribution is 0.179. The average Bonchev–Trinajstić information content (AvgIpc) is 2.75. The SMILES string of the molecule is N#Cc1ccc(C(O)Cc2ccc(Br)s2)cc1. The fourth-order valence-corrected chi connectivity index (χ4v) is 3.07. The Bertz CT molecular complexity index is 541. The normalized spacial score (nSPS) is 12.1. The molecule has 0 aliphatic heterocycles. The highest BCUT2D eigenvalue weighted by Gasteiger charge is 2.10. The first kappa shape index (κ1) is 12.3. The van der Waals surface area contributed by atoms with E-state index in [1.807, 2.05) is 12.1 Å². The van der Waals surface area contributed by atoms with Crippen LogP contribution in [0.4, 0.5) is 0 Å². The highest BCUT2D eigenvalue weighted by molar-refractivity contribution is 9.11. The number of nitrogens with zero attached hydrogens (tertiary/aromatic N) is 1. The maximum absolute atomic E-state index is 10.1. The lowest BCUT2D eigenvalue weighted by atomic mass is 10.0. The van der Waals surface area contributed by atoms with Crippen molar-refractivity contribution in [3.8, 4) is 6.07 Å². The number of thiophene rings is 1. The van der Waals surface area contributed by atoms with Gasteiger partial charge in [0.1, 0.15) is 0 Å². The molecular weight excluding hydrogens is 298 g/mol. The summed E-state index contributed by atoms with van der Waals surface area (Å²) in [4.78, 5) is 1.13. The molecule has 17 heavy (non-hydrogen) atoms. The van der Waals surface area contributed by atoms with Gasteiger partial charge in [-0.1, -0.05) is 12.1 Å². The van der Waals surface area contributed by atoms with Gasteiger partial charge in [0.15, 0.2) is 0 Å². The molecule has 0 aliphatic rings. The zero-order valence-electron chi connectivity index (χ0n) is 8.93. The summed E-state index contributed by atoms with van der Waals surface area (Å²) in [7, 11) is 0. The van der Waals surface area contributed by atoms with E-state index in [0.717, 1.165) is 14.2 Å². The second-order valence-electron chi connectivity index (χ2n) is 3.66. The molecule has 0 spiro atoms. The van der Waals surface area contributed by atoms with Crippen LogP contribution in [0.5, 0.6) is 0 Å². The lowest BCUT2D eigenvalue weighted by Crippen LogP contribution is -2.00. The molecule has 0 saturated carbocycles. The molecule has 1 aromatic heterocycles. The molecule has 0 fully saturated rings. The van der Waals surface area contributed by atoms with Crippen molar-refractivity contribution < 1.29 is 5.11 Å². The second-order valence-corrected chi connectivity index (χ2v) is 6.21. The molecule has 1 unspecified atom stereocenters. The van der Waals surface area contributed by atoms with E-state index < -0.39 is 6.10 Å². The van der Waals surface area contributed by atoms with Crippen molar-refractivity contribution in [3.05, 3.63) is 56.2 Å². The lowest BCUT2D eigenvalue weighted by Gasteiger charge is -2.09. The van der Waals surface area contributed by atoms with Crippen LogP contribution < -0.4 is 0 Å². The van der Waals surface area contributed by atoms with E-state index >= 15 is 0 Å². The Kier molecular flexibility index (Phi) is 3.95. The molecule has 2 aromatic rings. The fourth-order valence-electron chi connectivity index (χ4n) is 1.55. The third-order valence-electron chi connectivity index (χ3n) is 2.45. The fraction of sp³-hybridized carbons (Fsp3) is 0.154. The maximum Gasteiger partial charge on any atom is 0.0991 e. The van der Waals surface area contributed by atoms with E-state index in [1.165, 1.54) is 0 Å². The average molecular weight is 308 g/mol. The molecule has 2 rings (SSSR count). The molecule has 0 amide bonds. The van der Waals surface area contributed by atoms with E-state index in [9.17, 15) is 5.11 Å². The Morgan fingerprint density at radius 3 is 2.47 bits per heavy atom. The summed E-state index contributed by atoms with van der Waals surface area (Å²) < 4.78 is 1.07. The number of hydrogen-bond acceptors (Lipinski definition) is 3. The van der Waals surface area contributed by atoms with Gasteiger partial charge in [0.05, 0.1) is 21.5 Å². The Labute approximate surface area is 112 Å². The van der Waals surface area contributed by atoms with Gasteiger partial charge in [0.25, 0.3) is 0 Å². The van der Waals surface area contributed by atoms with Crippen LogP contribution in [0.2, 0.25) is 0 Å². The van der Waals surface area contributed by atoms with Crippen LogP contribution >= 0.6 is 27.3 Å². The van der Waals surface area contributed by atoms with E-state index in [-0.39, 0.29) is 0 Å². The number of nitriles is 1. The third-order valence-corrected chi connectivity index (χ3v) is 4.09. The largest absolute Gasteiger partial charge is 0.388 e. The van der Waals surface area contributed by atoms with Crippen molar-refractivity contribution in [1.29, 1.82) is 5.26 Å². The van der Waals surface area contributed by atoms with Crippen LogP contribution in [-0.4, -0.2) is 5.11 Å². The number of hydrogen-bond donors (Lipinski definition) is 1. The number of rotatable bonds is 3. The Balaban J connectivity index is 2.09. The Hall–Kier alpha value is -1.15. The summed E-state index contributed by atoms with van der Waals surface area (Å²) in [5.74, 6) is 0. The Morgan fingerprint density at radius 2 is 1.94 bits per heavy atom. The van der Waals surface area contributed by atoms with Gasteiger partial charge in [0, 0.05) is 11.3 Å². The summed E-state index contributed by atoms with van der Waals surface area (Å²) in [6, 6.07) is 13.1. The predicted molar refractivity (Wildman–Crippen MR) is 71.8 cm³/mol. The minimum atomic E-state index is -0.520. The molecule has 0 aliphatic carbocycles. The van der Waals surface area contributed by atoms with Gasteiger partial charge in [-0.3, -0.25) is 0 Å². The summed E-state index contributed by atoms with van der Waals surface area (Å²) >= 11 is 5.02. The highest BCUT2D eigenvalue weighted by Crippen LogP contribution is 2.26. The van der Waals surface area contributed by atoms with Gasteiger partial charge in [-0.15, -0.1) is 11.3 Å². The standard InChI is InChI=1S/C13H10BrNOS/c14-13-6-5-11(17-13)7-12(16)10-3-1-9(8-15)2-4-10/h1-6,12,16H,7H2. The van der Waals surface area contributed by atoms with Gasteiger partial charge < -0.3 is 5.11 Å². The topological polar surface area (TPSA) is 44.0 Å². The van der Waals surface area contributed by atoms with Gasteiger partial charge in [-0.2, -0.15) is 5.26 Å². The van der Waals surface area contributed by atoms with Crippen LogP contribution in [-0.2, 0) is 6.42 Å². The molecule has 86 valence electrons. The van der Waals surface area contributed by atoms with E-state index in [4.69, 9.17) is 5.26 Å². The molecule has 0 bridgehead atoms. The summed E-state index contributed by atoms with van der Waals surface area (Å²) in [5.41, 5.74) is 1.45. The van der Waals surface area contributed by atoms with Gasteiger partial charge in [-0.05, 0) is 45.8 Å². The third kappa shape index (κ3) is 3.16. The second kappa shape index (κ2) is 5.46. The highest BCUT2D eigenvalue weighted by atomic mass is 79.9. The number of halogens is 1. The molecule has 1 aromatic carbocycles. The van der Waals surface area contributed by atoms with Gasteiger partial charge >= 0.3 is 0 Å². The first-order valence-electron chi connectivity index (χ1n) is 5.11. The van der Waals surface area contributed by atoms with Crippen molar-refractivity contribution in [3.63, 3.8) is 0 Å². The van der Waals surface area contributed by atoms with E-state index in [2.05, 4.69) is 22.0 Å². The first-order valence-corrected chi connectivity index (χ1v) is 6.72. The van der Waals surface area contributed by atoms with Crippen molar-refractivity contribution >= 4 is 27.3 Å². The first-order chi connectivity index (χ1) is 8.19. The molecule has 0 saturated heterocycles. The molecule has 1 N–H and O–H groups in total. The molecule has 1 heterocycles. The minimum absolute atomic E-state index is 0.520. The number of aliphatic hydroxyl groups excluding tert-OH is 1. The zero-order valence-corrected chi connectivity index (χ0v) is 11.3. The van der Waals surface area contributed by atoms with Crippen molar-refractivity contribution in [2.75, 3.05) is 0 Å². The van der Waals surface area contributed by atoms with Crippen molar-refractivity contribution in [1.82, 2.24) is 0 Å². The molecule has 1 atom stereocenters. The number of benzene rings is 1. The van der Waals surface area contributed by atoms with Crippen LogP contribution in [0.1, 0.15) is 22.1 Å². The minimum Gasteiger partial charge on any atom is -0.388 e. The van der Waals surface area contributed by atoms with E-state index in [1.54, 1.807) is 35.6 Å². The summed E-state index contributed by atoms with van der Waals surface area (Å²) in [5, 5.41) is 18.7. The number of aliphatic hydroxyl groups is 1. The summed E-state index contributed by atoms with van der Waals surface area (Å²) in [6.45, 7) is 0. The molecule has 2 nitrogen and oxygen atoms in total. The quantitative estimate of drug-likeness (QED) is 0.940. The zero-order chi connectivity index (χ0) is 12.3. The molecule has 4 heteroatoms. The summed E-state index contributed by atoms with van der Waals surface area (Å²) in [6.07, 6.45) is 0.0793. The van der Waals surface area contributed by atoms with Crippen LogP contribution in [0.3, 0.4) is 0 Å². The van der Waals surface area contributed by atoms with Gasteiger partial charge in [0.2, 0.25) is 0 Å². The smallest absolute Gasteiger partial charge is 0.0991 e. The maximum atomic E-state index is 10.1.